The number of nitrogens with one attached hydrogen (secondary N) is 2. The molecule has 6 heteroatoms. The van der Waals surface area contributed by atoms with Crippen molar-refractivity contribution in [2.24, 2.45) is 0 Å². The summed E-state index contributed by atoms with van der Waals surface area (Å²) in [6, 6.07) is 4.96. The van der Waals surface area contributed by atoms with Gasteiger partial charge in [-0.3, -0.25) is 9.52 Å². The SMILES string of the molecule is CC=CC(=O)Nc1ccc(NS(C)(=O)=O)c(C)c1. The van der Waals surface area contributed by atoms with Gasteiger partial charge in [0.05, 0.1) is 11.9 Å². The molecule has 0 spiro atoms. The molecule has 0 unspecified atom stereocenters. The molecule has 18 heavy (non-hydrogen) atoms. The number of allylic oxidation sites excluding steroid dienone is 1. The lowest BCUT2D eigenvalue weighted by Crippen LogP contribution is -2.11. The minimum absolute atomic E-state index is 0.222. The average Bonchev–Trinajstić information content (AvgIpc) is 2.21. The van der Waals surface area contributed by atoms with Crippen LogP contribution in [-0.4, -0.2) is 20.6 Å². The van der Waals surface area contributed by atoms with Crippen LogP contribution in [0.3, 0.4) is 0 Å². The maximum atomic E-state index is 11.3. The summed E-state index contributed by atoms with van der Waals surface area (Å²) >= 11 is 0. The molecular weight excluding hydrogens is 252 g/mol. The van der Waals surface area contributed by atoms with Crippen LogP contribution in [0.2, 0.25) is 0 Å². The first-order chi connectivity index (χ1) is 8.31. The first-order valence-electron chi connectivity index (χ1n) is 5.34. The summed E-state index contributed by atoms with van der Waals surface area (Å²) in [5.74, 6) is -0.222. The maximum Gasteiger partial charge on any atom is 0.248 e. The van der Waals surface area contributed by atoms with E-state index in [-0.39, 0.29) is 5.91 Å². The smallest absolute Gasteiger partial charge is 0.248 e. The third-order valence-electron chi connectivity index (χ3n) is 2.11. The molecule has 5 nitrogen and oxygen atoms in total. The minimum atomic E-state index is -3.29. The van der Waals surface area contributed by atoms with Crippen LogP contribution >= 0.6 is 0 Å². The highest BCUT2D eigenvalue weighted by Crippen LogP contribution is 2.20. The van der Waals surface area contributed by atoms with E-state index >= 15 is 0 Å². The van der Waals surface area contributed by atoms with Crippen LogP contribution in [0.1, 0.15) is 12.5 Å². The summed E-state index contributed by atoms with van der Waals surface area (Å²) < 4.78 is 24.6. The third kappa shape index (κ3) is 4.58. The molecule has 1 aromatic rings. The van der Waals surface area contributed by atoms with E-state index in [0.29, 0.717) is 11.4 Å². The number of anilines is 2. The van der Waals surface area contributed by atoms with Crippen molar-refractivity contribution in [1.82, 2.24) is 0 Å². The van der Waals surface area contributed by atoms with Gasteiger partial charge in [0.15, 0.2) is 0 Å². The van der Waals surface area contributed by atoms with Gasteiger partial charge in [0.25, 0.3) is 0 Å². The lowest BCUT2D eigenvalue weighted by molar-refractivity contribution is -0.111. The summed E-state index contributed by atoms with van der Waals surface area (Å²) in [6.07, 6.45) is 4.15. The molecule has 0 aliphatic carbocycles. The highest BCUT2D eigenvalue weighted by Gasteiger charge is 2.06. The normalized spacial score (nSPS) is 11.5. The van der Waals surface area contributed by atoms with Crippen LogP contribution in [0.5, 0.6) is 0 Å². The molecular formula is C12H16N2O3S. The second-order valence-electron chi connectivity index (χ2n) is 3.89. The fourth-order valence-corrected chi connectivity index (χ4v) is 2.02. The van der Waals surface area contributed by atoms with Gasteiger partial charge in [0.2, 0.25) is 15.9 Å². The number of rotatable bonds is 4. The van der Waals surface area contributed by atoms with E-state index in [2.05, 4.69) is 10.0 Å². The molecule has 1 amide bonds. The minimum Gasteiger partial charge on any atom is -0.323 e. The van der Waals surface area contributed by atoms with Crippen molar-refractivity contribution < 1.29 is 13.2 Å². The van der Waals surface area contributed by atoms with Crippen LogP contribution < -0.4 is 10.0 Å². The first-order valence-corrected chi connectivity index (χ1v) is 7.23. The Hall–Kier alpha value is -1.82. The molecule has 0 aromatic heterocycles. The van der Waals surface area contributed by atoms with E-state index in [1.165, 1.54) is 6.08 Å². The number of carbonyl (C=O) groups excluding carboxylic acids is 1. The van der Waals surface area contributed by atoms with Crippen molar-refractivity contribution in [2.45, 2.75) is 13.8 Å². The zero-order valence-electron chi connectivity index (χ0n) is 10.5. The second kappa shape index (κ2) is 5.68. The molecule has 2 N–H and O–H groups in total. The molecule has 98 valence electrons. The Bertz CT molecular complexity index is 577. The Morgan fingerprint density at radius 1 is 1.33 bits per heavy atom. The number of aryl methyl sites for hydroxylation is 1. The van der Waals surface area contributed by atoms with Crippen LogP contribution in [-0.2, 0) is 14.8 Å². The van der Waals surface area contributed by atoms with Gasteiger partial charge in [-0.25, -0.2) is 8.42 Å². The number of carbonyl (C=O) groups is 1. The average molecular weight is 268 g/mol. The van der Waals surface area contributed by atoms with Crippen molar-refractivity contribution in [1.29, 1.82) is 0 Å². The Kier molecular flexibility index (Phi) is 4.49. The predicted molar refractivity (Wildman–Crippen MR) is 73.1 cm³/mol. The summed E-state index contributed by atoms with van der Waals surface area (Å²) in [7, 11) is -3.29. The summed E-state index contributed by atoms with van der Waals surface area (Å²) in [5.41, 5.74) is 1.86. The van der Waals surface area contributed by atoms with Gasteiger partial charge in [-0.05, 0) is 43.7 Å². The van der Waals surface area contributed by atoms with Gasteiger partial charge in [-0.15, -0.1) is 0 Å². The van der Waals surface area contributed by atoms with E-state index in [1.54, 1.807) is 38.1 Å². The lowest BCUT2D eigenvalue weighted by atomic mass is 10.2. The standard InChI is InChI=1S/C12H16N2O3S/c1-4-5-12(15)13-10-6-7-11(9(2)8-10)14-18(3,16)17/h4-8,14H,1-3H3,(H,13,15). The summed E-state index contributed by atoms with van der Waals surface area (Å²) in [6.45, 7) is 3.52. The van der Waals surface area contributed by atoms with E-state index in [9.17, 15) is 13.2 Å². The molecule has 0 saturated heterocycles. The number of hydrogen-bond acceptors (Lipinski definition) is 3. The summed E-state index contributed by atoms with van der Waals surface area (Å²) in [4.78, 5) is 11.3. The Labute approximate surface area is 107 Å². The highest BCUT2D eigenvalue weighted by atomic mass is 32.2. The predicted octanol–water partition coefficient (Wildman–Crippen LogP) is 1.88. The Morgan fingerprint density at radius 2 is 2.00 bits per heavy atom. The van der Waals surface area contributed by atoms with E-state index in [1.807, 2.05) is 0 Å². The van der Waals surface area contributed by atoms with Gasteiger partial charge in [0.1, 0.15) is 0 Å². The van der Waals surface area contributed by atoms with Gasteiger partial charge in [-0.2, -0.15) is 0 Å². The molecule has 0 saturated carbocycles. The molecule has 0 fully saturated rings. The Morgan fingerprint density at radius 3 is 2.50 bits per heavy atom. The van der Waals surface area contributed by atoms with E-state index in [0.717, 1.165) is 11.8 Å². The monoisotopic (exact) mass is 268 g/mol. The number of benzene rings is 1. The van der Waals surface area contributed by atoms with Crippen molar-refractivity contribution in [3.05, 3.63) is 35.9 Å². The van der Waals surface area contributed by atoms with Crippen molar-refractivity contribution in [3.8, 4) is 0 Å². The maximum absolute atomic E-state index is 11.3. The van der Waals surface area contributed by atoms with E-state index < -0.39 is 10.0 Å². The van der Waals surface area contributed by atoms with Crippen molar-refractivity contribution in [3.63, 3.8) is 0 Å². The molecule has 1 rings (SSSR count). The number of amides is 1. The fraction of sp³-hybridized carbons (Fsp3) is 0.250. The largest absolute Gasteiger partial charge is 0.323 e. The van der Waals surface area contributed by atoms with Crippen LogP contribution in [0.15, 0.2) is 30.4 Å². The second-order valence-corrected chi connectivity index (χ2v) is 5.64. The zero-order chi connectivity index (χ0) is 13.8. The van der Waals surface area contributed by atoms with Crippen LogP contribution in [0.25, 0.3) is 0 Å². The topological polar surface area (TPSA) is 75.3 Å². The highest BCUT2D eigenvalue weighted by molar-refractivity contribution is 7.92. The lowest BCUT2D eigenvalue weighted by Gasteiger charge is -2.09. The molecule has 0 radical (unpaired) electrons. The van der Waals surface area contributed by atoms with Crippen molar-refractivity contribution in [2.75, 3.05) is 16.3 Å². The molecule has 1 aromatic carbocycles. The van der Waals surface area contributed by atoms with Crippen LogP contribution in [0.4, 0.5) is 11.4 Å². The number of hydrogen-bond donors (Lipinski definition) is 2. The molecule has 0 heterocycles. The molecule has 0 bridgehead atoms. The van der Waals surface area contributed by atoms with Crippen molar-refractivity contribution >= 4 is 27.3 Å². The molecule has 0 aliphatic rings. The zero-order valence-corrected chi connectivity index (χ0v) is 11.3. The Balaban J connectivity index is 2.89. The van der Waals surface area contributed by atoms with Gasteiger partial charge >= 0.3 is 0 Å². The first kappa shape index (κ1) is 14.2. The van der Waals surface area contributed by atoms with Gasteiger partial charge in [0, 0.05) is 5.69 Å². The van der Waals surface area contributed by atoms with E-state index in [4.69, 9.17) is 0 Å². The quantitative estimate of drug-likeness (QED) is 0.819. The number of sulfonamides is 1. The van der Waals surface area contributed by atoms with Gasteiger partial charge < -0.3 is 5.32 Å². The fourth-order valence-electron chi connectivity index (χ4n) is 1.39. The van der Waals surface area contributed by atoms with Gasteiger partial charge in [-0.1, -0.05) is 6.08 Å². The molecule has 0 atom stereocenters. The molecule has 0 aliphatic heterocycles. The third-order valence-corrected chi connectivity index (χ3v) is 2.70. The summed E-state index contributed by atoms with van der Waals surface area (Å²) in [5, 5.41) is 2.67. The van der Waals surface area contributed by atoms with Crippen LogP contribution in [0, 0.1) is 6.92 Å².